The SMILES string of the molecule is CC(=O)c1cc(C#N)c(C(F)(F)F)cc1C. The average Bonchev–Trinajstić information content (AvgIpc) is 2.15. The highest BCUT2D eigenvalue weighted by Gasteiger charge is 2.34. The van der Waals surface area contributed by atoms with E-state index in [1.54, 1.807) is 0 Å². The minimum Gasteiger partial charge on any atom is -0.295 e. The second-order valence-electron chi connectivity index (χ2n) is 3.38. The zero-order valence-corrected chi connectivity index (χ0v) is 8.64. The Morgan fingerprint density at radius 3 is 2.31 bits per heavy atom. The molecule has 0 N–H and O–H groups in total. The topological polar surface area (TPSA) is 40.9 Å². The van der Waals surface area contributed by atoms with Crippen molar-refractivity contribution >= 4 is 5.78 Å². The summed E-state index contributed by atoms with van der Waals surface area (Å²) in [6, 6.07) is 3.27. The van der Waals surface area contributed by atoms with Gasteiger partial charge in [-0.1, -0.05) is 0 Å². The highest BCUT2D eigenvalue weighted by molar-refractivity contribution is 5.96. The monoisotopic (exact) mass is 227 g/mol. The number of aryl methyl sites for hydroxylation is 1. The van der Waals surface area contributed by atoms with Crippen LogP contribution in [0.15, 0.2) is 12.1 Å². The Morgan fingerprint density at radius 1 is 1.38 bits per heavy atom. The number of halogens is 3. The number of hydrogen-bond donors (Lipinski definition) is 0. The van der Waals surface area contributed by atoms with Crippen LogP contribution in [0.3, 0.4) is 0 Å². The molecular weight excluding hydrogens is 219 g/mol. The molecule has 1 aromatic rings. The smallest absolute Gasteiger partial charge is 0.295 e. The molecule has 5 heteroatoms. The van der Waals surface area contributed by atoms with Crippen molar-refractivity contribution in [3.63, 3.8) is 0 Å². The molecule has 0 aliphatic heterocycles. The Hall–Kier alpha value is -1.83. The van der Waals surface area contributed by atoms with E-state index in [-0.39, 0.29) is 16.9 Å². The summed E-state index contributed by atoms with van der Waals surface area (Å²) in [5.74, 6) is -0.359. The van der Waals surface area contributed by atoms with E-state index in [1.165, 1.54) is 19.9 Å². The van der Waals surface area contributed by atoms with E-state index >= 15 is 0 Å². The maximum absolute atomic E-state index is 12.5. The van der Waals surface area contributed by atoms with Crippen LogP contribution in [0.5, 0.6) is 0 Å². The first-order valence-corrected chi connectivity index (χ1v) is 4.40. The van der Waals surface area contributed by atoms with E-state index < -0.39 is 17.3 Å². The summed E-state index contributed by atoms with van der Waals surface area (Å²) in [6.07, 6.45) is -4.58. The van der Waals surface area contributed by atoms with Crippen molar-refractivity contribution in [2.24, 2.45) is 0 Å². The second kappa shape index (κ2) is 3.97. The number of rotatable bonds is 1. The highest BCUT2D eigenvalue weighted by atomic mass is 19.4. The van der Waals surface area contributed by atoms with Gasteiger partial charge in [0, 0.05) is 5.56 Å². The maximum atomic E-state index is 12.5. The molecule has 16 heavy (non-hydrogen) atoms. The van der Waals surface area contributed by atoms with E-state index in [2.05, 4.69) is 0 Å². The van der Waals surface area contributed by atoms with E-state index in [4.69, 9.17) is 5.26 Å². The van der Waals surface area contributed by atoms with Crippen LogP contribution < -0.4 is 0 Å². The fourth-order valence-electron chi connectivity index (χ4n) is 1.41. The van der Waals surface area contributed by atoms with Crippen molar-refractivity contribution in [2.75, 3.05) is 0 Å². The number of ketones is 1. The zero-order valence-electron chi connectivity index (χ0n) is 8.64. The lowest BCUT2D eigenvalue weighted by Gasteiger charge is -2.11. The van der Waals surface area contributed by atoms with E-state index in [0.29, 0.717) is 0 Å². The van der Waals surface area contributed by atoms with E-state index in [1.807, 2.05) is 0 Å². The van der Waals surface area contributed by atoms with Gasteiger partial charge in [0.05, 0.1) is 17.2 Å². The van der Waals surface area contributed by atoms with Crippen LogP contribution in [0.4, 0.5) is 13.2 Å². The summed E-state index contributed by atoms with van der Waals surface area (Å²) in [5.41, 5.74) is -1.16. The predicted octanol–water partition coefficient (Wildman–Crippen LogP) is 3.09. The molecule has 0 saturated carbocycles. The molecule has 1 rings (SSSR count). The third-order valence-electron chi connectivity index (χ3n) is 2.17. The van der Waals surface area contributed by atoms with Gasteiger partial charge in [-0.15, -0.1) is 0 Å². The number of carbonyl (C=O) groups excluding carboxylic acids is 1. The van der Waals surface area contributed by atoms with Gasteiger partial charge in [0.2, 0.25) is 0 Å². The van der Waals surface area contributed by atoms with E-state index in [9.17, 15) is 18.0 Å². The van der Waals surface area contributed by atoms with Crippen LogP contribution in [-0.2, 0) is 6.18 Å². The van der Waals surface area contributed by atoms with Gasteiger partial charge in [-0.3, -0.25) is 4.79 Å². The lowest BCUT2D eigenvalue weighted by molar-refractivity contribution is -0.137. The molecule has 84 valence electrons. The molecule has 0 spiro atoms. The lowest BCUT2D eigenvalue weighted by Crippen LogP contribution is -2.10. The predicted molar refractivity (Wildman–Crippen MR) is 50.9 cm³/mol. The Bertz CT molecular complexity index is 483. The van der Waals surface area contributed by atoms with Crippen molar-refractivity contribution in [1.82, 2.24) is 0 Å². The third-order valence-corrected chi connectivity index (χ3v) is 2.17. The number of nitriles is 1. The molecule has 0 amide bonds. The Morgan fingerprint density at radius 2 is 1.94 bits per heavy atom. The molecule has 0 aliphatic rings. The van der Waals surface area contributed by atoms with Crippen LogP contribution in [0, 0.1) is 18.3 Å². The van der Waals surface area contributed by atoms with Crippen molar-refractivity contribution < 1.29 is 18.0 Å². The summed E-state index contributed by atoms with van der Waals surface area (Å²) < 4.78 is 37.5. The third kappa shape index (κ3) is 2.22. The minimum atomic E-state index is -4.58. The van der Waals surface area contributed by atoms with E-state index in [0.717, 1.165) is 12.1 Å². The van der Waals surface area contributed by atoms with Crippen LogP contribution in [0.25, 0.3) is 0 Å². The first-order valence-electron chi connectivity index (χ1n) is 4.40. The largest absolute Gasteiger partial charge is 0.417 e. The molecule has 0 atom stereocenters. The average molecular weight is 227 g/mol. The molecule has 0 aromatic heterocycles. The number of carbonyl (C=O) groups is 1. The van der Waals surface area contributed by atoms with Gasteiger partial charge in [-0.2, -0.15) is 18.4 Å². The molecule has 2 nitrogen and oxygen atoms in total. The number of nitrogens with zero attached hydrogens (tertiary/aromatic N) is 1. The van der Waals surface area contributed by atoms with Gasteiger partial charge in [0.1, 0.15) is 0 Å². The lowest BCUT2D eigenvalue weighted by atomic mass is 9.97. The quantitative estimate of drug-likeness (QED) is 0.691. The molecule has 0 radical (unpaired) electrons. The first-order chi connectivity index (χ1) is 7.27. The van der Waals surface area contributed by atoms with Gasteiger partial charge < -0.3 is 0 Å². The molecule has 1 aromatic carbocycles. The summed E-state index contributed by atoms with van der Waals surface area (Å²) in [7, 11) is 0. The van der Waals surface area contributed by atoms with Crippen molar-refractivity contribution in [3.8, 4) is 6.07 Å². The van der Waals surface area contributed by atoms with Gasteiger partial charge in [0.25, 0.3) is 0 Å². The Kier molecular flexibility index (Phi) is 3.04. The maximum Gasteiger partial charge on any atom is 0.417 e. The first kappa shape index (κ1) is 12.2. The highest BCUT2D eigenvalue weighted by Crippen LogP contribution is 2.33. The number of hydrogen-bond acceptors (Lipinski definition) is 2. The summed E-state index contributed by atoms with van der Waals surface area (Å²) >= 11 is 0. The molecule has 0 bridgehead atoms. The number of alkyl halides is 3. The molecule has 0 heterocycles. The van der Waals surface area contributed by atoms with Gasteiger partial charge in [-0.25, -0.2) is 0 Å². The van der Waals surface area contributed by atoms with Gasteiger partial charge in [0.15, 0.2) is 5.78 Å². The van der Waals surface area contributed by atoms with Crippen molar-refractivity contribution in [1.29, 1.82) is 5.26 Å². The standard InChI is InChI=1S/C11H8F3NO/c1-6-3-10(11(12,13)14)8(5-15)4-9(6)7(2)16/h3-4H,1-2H3. The Balaban J connectivity index is 3.52. The number of benzene rings is 1. The molecule has 0 unspecified atom stereocenters. The summed E-state index contributed by atoms with van der Waals surface area (Å²) in [5, 5.41) is 8.62. The molecular formula is C11H8F3NO. The van der Waals surface area contributed by atoms with Crippen molar-refractivity contribution in [2.45, 2.75) is 20.0 Å². The normalized spacial score (nSPS) is 11.0. The molecule has 0 fully saturated rings. The molecule has 0 aliphatic carbocycles. The van der Waals surface area contributed by atoms with Crippen LogP contribution in [0.2, 0.25) is 0 Å². The second-order valence-corrected chi connectivity index (χ2v) is 3.38. The minimum absolute atomic E-state index is 0.143. The van der Waals surface area contributed by atoms with Crippen LogP contribution >= 0.6 is 0 Å². The van der Waals surface area contributed by atoms with Crippen LogP contribution in [0.1, 0.15) is 34.0 Å². The zero-order chi connectivity index (χ0) is 12.5. The van der Waals surface area contributed by atoms with Gasteiger partial charge in [-0.05, 0) is 31.5 Å². The van der Waals surface area contributed by atoms with Gasteiger partial charge >= 0.3 is 6.18 Å². The molecule has 0 saturated heterocycles. The van der Waals surface area contributed by atoms with Crippen LogP contribution in [-0.4, -0.2) is 5.78 Å². The fraction of sp³-hybridized carbons (Fsp3) is 0.273. The summed E-state index contributed by atoms with van der Waals surface area (Å²) in [4.78, 5) is 11.1. The Labute approximate surface area is 90.3 Å². The summed E-state index contributed by atoms with van der Waals surface area (Å²) in [6.45, 7) is 2.66. The van der Waals surface area contributed by atoms with Crippen molar-refractivity contribution in [3.05, 3.63) is 34.4 Å². The number of Topliss-reactive ketones (excluding diaryl/α,β-unsaturated/α-hetero) is 1. The fourth-order valence-corrected chi connectivity index (χ4v) is 1.41.